The molecule has 4 aliphatic rings. The zero-order valence-corrected chi connectivity index (χ0v) is 28.3. The van der Waals surface area contributed by atoms with Gasteiger partial charge < -0.3 is 31.0 Å². The average molecular weight is 604 g/mol. The van der Waals surface area contributed by atoms with Crippen molar-refractivity contribution in [1.82, 2.24) is 16.0 Å². The van der Waals surface area contributed by atoms with Crippen LogP contribution >= 0.6 is 0 Å². The Balaban J connectivity index is 1.58. The number of rotatable bonds is 19. The molecule has 4 fully saturated rings. The van der Waals surface area contributed by atoms with Crippen LogP contribution in [-0.4, -0.2) is 62.2 Å². The Labute approximate surface area is 262 Å². The molecule has 0 aromatic heterocycles. The van der Waals surface area contributed by atoms with Crippen LogP contribution in [0.4, 0.5) is 0 Å². The van der Waals surface area contributed by atoms with E-state index < -0.39 is 13.2 Å². The Morgan fingerprint density at radius 3 is 2.30 bits per heavy atom. The number of carbonyl (C=O) groups is 2. The minimum absolute atomic E-state index is 0.0553. The van der Waals surface area contributed by atoms with Crippen molar-refractivity contribution in [1.29, 1.82) is 0 Å². The van der Waals surface area contributed by atoms with E-state index in [2.05, 4.69) is 62.5 Å². The van der Waals surface area contributed by atoms with Gasteiger partial charge in [-0.15, -0.1) is 0 Å². The number of aliphatic imine (C=N–C) groups is 1. The van der Waals surface area contributed by atoms with Crippen LogP contribution in [0.5, 0.6) is 0 Å². The highest BCUT2D eigenvalue weighted by atomic mass is 16.7. The Morgan fingerprint density at radius 2 is 1.67 bits per heavy atom. The summed E-state index contributed by atoms with van der Waals surface area (Å²) in [6, 6.07) is -0.635. The molecule has 3 saturated carbocycles. The lowest BCUT2D eigenvalue weighted by Gasteiger charge is -2.64. The third kappa shape index (κ3) is 9.59. The van der Waals surface area contributed by atoms with Gasteiger partial charge >= 0.3 is 7.12 Å². The van der Waals surface area contributed by atoms with E-state index in [1.165, 1.54) is 38.5 Å². The van der Waals surface area contributed by atoms with Crippen molar-refractivity contribution < 1.29 is 18.9 Å². The smallest absolute Gasteiger partial charge is 0.404 e. The summed E-state index contributed by atoms with van der Waals surface area (Å²) in [6.07, 6.45) is 14.0. The summed E-state index contributed by atoms with van der Waals surface area (Å²) in [6.45, 7) is 14.0. The minimum Gasteiger partial charge on any atom is -0.404 e. The monoisotopic (exact) mass is 603 g/mol. The lowest BCUT2D eigenvalue weighted by Crippen LogP contribution is -2.65. The van der Waals surface area contributed by atoms with Gasteiger partial charge in [-0.05, 0) is 68.6 Å². The number of nitrogens with zero attached hydrogens (tertiary/aromatic N) is 1. The molecule has 4 rings (SSSR count). The van der Waals surface area contributed by atoms with Crippen LogP contribution in [-0.2, 0) is 18.9 Å². The molecule has 0 radical (unpaired) electrons. The summed E-state index contributed by atoms with van der Waals surface area (Å²) < 4.78 is 13.3. The van der Waals surface area contributed by atoms with Crippen molar-refractivity contribution in [3.05, 3.63) is 0 Å². The fourth-order valence-electron chi connectivity index (χ4n) is 7.66. The van der Waals surface area contributed by atoms with Gasteiger partial charge in [0, 0.05) is 20.0 Å². The highest BCUT2D eigenvalue weighted by molar-refractivity contribution is 6.48. The lowest BCUT2D eigenvalue weighted by molar-refractivity contribution is -0.199. The van der Waals surface area contributed by atoms with Crippen LogP contribution in [0.1, 0.15) is 131 Å². The minimum atomic E-state index is -0.635. The van der Waals surface area contributed by atoms with Gasteiger partial charge in [0.25, 0.3) is 0 Å². The molecule has 246 valence electrons. The summed E-state index contributed by atoms with van der Waals surface area (Å²) in [4.78, 5) is 30.7. The fraction of sp³-hybridized carbons (Fsp3) is 0.909. The van der Waals surface area contributed by atoms with E-state index in [9.17, 15) is 9.59 Å². The van der Waals surface area contributed by atoms with E-state index in [0.717, 1.165) is 32.1 Å². The normalized spacial score (nSPS) is 27.3. The molecule has 2 bridgehead atoms. The molecule has 1 heterocycles. The topological polar surface area (TPSA) is 127 Å². The quantitative estimate of drug-likeness (QED) is 0.0703. The van der Waals surface area contributed by atoms with Crippen molar-refractivity contribution in [2.45, 2.75) is 155 Å². The molecule has 0 aromatic carbocycles. The number of guanidine groups is 1. The lowest BCUT2D eigenvalue weighted by atomic mass is 9.43. The number of carbonyl (C=O) groups excluding carboxylic acids is 2. The third-order valence-electron chi connectivity index (χ3n) is 10.5. The number of nitrogens with two attached hydrogens (primary N) is 1. The number of amides is 2. The largest absolute Gasteiger partial charge is 0.481 e. The molecule has 1 aliphatic heterocycles. The van der Waals surface area contributed by atoms with E-state index in [-0.39, 0.29) is 34.9 Å². The summed E-state index contributed by atoms with van der Waals surface area (Å²) in [5.74, 6) is 1.29. The van der Waals surface area contributed by atoms with Crippen LogP contribution < -0.4 is 21.7 Å². The second kappa shape index (κ2) is 16.5. The van der Waals surface area contributed by atoms with Gasteiger partial charge in [0.1, 0.15) is 6.04 Å². The molecule has 0 aromatic rings. The van der Waals surface area contributed by atoms with E-state index in [1.54, 1.807) is 7.05 Å². The van der Waals surface area contributed by atoms with E-state index in [4.69, 9.17) is 15.0 Å². The van der Waals surface area contributed by atoms with E-state index in [1.807, 2.05) is 0 Å². The zero-order chi connectivity index (χ0) is 31.6. The fourth-order valence-corrected chi connectivity index (χ4v) is 7.66. The molecule has 2 amide bonds. The van der Waals surface area contributed by atoms with E-state index in [0.29, 0.717) is 49.5 Å². The van der Waals surface area contributed by atoms with Gasteiger partial charge in [0.15, 0.2) is 5.96 Å². The second-order valence-corrected chi connectivity index (χ2v) is 14.6. The maximum Gasteiger partial charge on any atom is 0.481 e. The molecule has 1 saturated heterocycles. The van der Waals surface area contributed by atoms with Crippen molar-refractivity contribution in [3.63, 3.8) is 0 Å². The number of unbranched alkanes of at least 4 members (excludes halogenated alkanes) is 7. The molecule has 3 aliphatic carbocycles. The van der Waals surface area contributed by atoms with Gasteiger partial charge in [-0.1, -0.05) is 79.6 Å². The van der Waals surface area contributed by atoms with Crippen molar-refractivity contribution in [2.24, 2.45) is 33.9 Å². The molecule has 6 atom stereocenters. The van der Waals surface area contributed by atoms with E-state index >= 15 is 0 Å². The molecule has 43 heavy (non-hydrogen) atoms. The SMILES string of the molecule is CCCCCCCCCCC(=O)N[C@@H](CCCNC(N)=NC)C(=O)N[C@@H](CC(C)C)B1O[C@@H]2C[C@@H]3C[C@@H](C3(C)C)[C@]2(C)O1. The third-order valence-corrected chi connectivity index (χ3v) is 10.5. The summed E-state index contributed by atoms with van der Waals surface area (Å²) >= 11 is 0. The molecule has 5 N–H and O–H groups in total. The van der Waals surface area contributed by atoms with Gasteiger partial charge in [0.2, 0.25) is 11.8 Å². The van der Waals surface area contributed by atoms with Gasteiger partial charge in [-0.2, -0.15) is 0 Å². The molecule has 0 unspecified atom stereocenters. The Bertz CT molecular complexity index is 931. The Morgan fingerprint density at radius 1 is 1.00 bits per heavy atom. The second-order valence-electron chi connectivity index (χ2n) is 14.6. The highest BCUT2D eigenvalue weighted by Gasteiger charge is 2.68. The average Bonchev–Trinajstić information content (AvgIpc) is 3.32. The summed E-state index contributed by atoms with van der Waals surface area (Å²) in [7, 11) is 1.14. The molecule has 10 heteroatoms. The maximum absolute atomic E-state index is 13.8. The maximum atomic E-state index is 13.8. The van der Waals surface area contributed by atoms with Crippen molar-refractivity contribution in [2.75, 3.05) is 13.6 Å². The van der Waals surface area contributed by atoms with Crippen molar-refractivity contribution >= 4 is 24.9 Å². The van der Waals surface area contributed by atoms with Crippen LogP contribution in [0.25, 0.3) is 0 Å². The summed E-state index contributed by atoms with van der Waals surface area (Å²) in [5.41, 5.74) is 5.70. The van der Waals surface area contributed by atoms with Gasteiger partial charge in [0.05, 0.1) is 17.6 Å². The first-order valence-corrected chi connectivity index (χ1v) is 17.3. The first-order valence-electron chi connectivity index (χ1n) is 17.3. The highest BCUT2D eigenvalue weighted by Crippen LogP contribution is 2.65. The van der Waals surface area contributed by atoms with Crippen molar-refractivity contribution in [3.8, 4) is 0 Å². The Hall–Kier alpha value is -1.81. The van der Waals surface area contributed by atoms with Gasteiger partial charge in [-0.25, -0.2) is 0 Å². The van der Waals surface area contributed by atoms with Crippen LogP contribution in [0.2, 0.25) is 0 Å². The molecule has 9 nitrogen and oxygen atoms in total. The van der Waals surface area contributed by atoms with Gasteiger partial charge in [-0.3, -0.25) is 14.6 Å². The van der Waals surface area contributed by atoms with Crippen LogP contribution in [0.15, 0.2) is 4.99 Å². The number of nitrogens with one attached hydrogen (secondary N) is 3. The number of hydrogen-bond donors (Lipinski definition) is 4. The Kier molecular flexibility index (Phi) is 13.7. The van der Waals surface area contributed by atoms with Crippen LogP contribution in [0, 0.1) is 23.2 Å². The standard InChI is InChI=1S/C33H62BN5O4/c1-8-9-10-11-12-13-14-15-18-29(40)38-25(17-16-19-37-31(35)36-7)30(41)39-28(20-23(2)3)34-42-27-22-24-21-26(32(24,4)5)33(27,6)43-34/h23-28H,8-22H2,1-7H3,(H,38,40)(H,39,41)(H3,35,36,37)/t24-,25-,26-,27+,28-,33-/m0/s1. The van der Waals surface area contributed by atoms with Crippen LogP contribution in [0.3, 0.4) is 0 Å². The first kappa shape index (κ1) is 35.7. The molecule has 0 spiro atoms. The first-order chi connectivity index (χ1) is 20.4. The zero-order valence-electron chi connectivity index (χ0n) is 28.3. The molecular formula is C33H62BN5O4. The number of hydrogen-bond acceptors (Lipinski definition) is 5. The predicted molar refractivity (Wildman–Crippen MR) is 175 cm³/mol. The molecular weight excluding hydrogens is 541 g/mol. The predicted octanol–water partition coefficient (Wildman–Crippen LogP) is 5.11. The summed E-state index contributed by atoms with van der Waals surface area (Å²) in [5, 5.41) is 9.36.